The molecule has 0 atom stereocenters. The summed E-state index contributed by atoms with van der Waals surface area (Å²) in [6.07, 6.45) is 0.513. The summed E-state index contributed by atoms with van der Waals surface area (Å²) >= 11 is 0. The summed E-state index contributed by atoms with van der Waals surface area (Å²) < 4.78 is 26.8. The van der Waals surface area contributed by atoms with Gasteiger partial charge in [-0.05, 0) is 44.0 Å². The molecule has 28 heavy (non-hydrogen) atoms. The predicted octanol–water partition coefficient (Wildman–Crippen LogP) is 2.00. The molecule has 154 valence electrons. The third-order valence-electron chi connectivity index (χ3n) is 4.06. The van der Waals surface area contributed by atoms with E-state index < -0.39 is 15.9 Å². The van der Waals surface area contributed by atoms with Crippen LogP contribution >= 0.6 is 12.4 Å². The van der Waals surface area contributed by atoms with Crippen molar-refractivity contribution in [2.24, 2.45) is 5.73 Å². The van der Waals surface area contributed by atoms with Crippen LogP contribution in [-0.2, 0) is 16.4 Å². The molecule has 0 saturated carbocycles. The van der Waals surface area contributed by atoms with Gasteiger partial charge in [-0.3, -0.25) is 9.59 Å². The van der Waals surface area contributed by atoms with Crippen LogP contribution in [-0.4, -0.2) is 38.2 Å². The van der Waals surface area contributed by atoms with Crippen molar-refractivity contribution in [3.05, 3.63) is 46.8 Å². The number of hydrogen-bond donors (Lipinski definition) is 4. The molecule has 2 aromatic rings. The van der Waals surface area contributed by atoms with Gasteiger partial charge in [0.2, 0.25) is 10.0 Å². The highest BCUT2D eigenvalue weighted by atomic mass is 35.5. The van der Waals surface area contributed by atoms with Crippen molar-refractivity contribution in [3.8, 4) is 0 Å². The van der Waals surface area contributed by atoms with Crippen LogP contribution in [0.3, 0.4) is 0 Å². The van der Waals surface area contributed by atoms with Crippen LogP contribution in [0, 0.1) is 6.92 Å². The minimum Gasteiger partial charge on any atom is -0.354 e. The molecular formula is C18H25ClN4O4S. The van der Waals surface area contributed by atoms with Gasteiger partial charge in [0, 0.05) is 30.0 Å². The van der Waals surface area contributed by atoms with Crippen molar-refractivity contribution in [2.45, 2.75) is 32.1 Å². The van der Waals surface area contributed by atoms with E-state index in [1.807, 2.05) is 6.92 Å². The molecule has 0 unspecified atom stereocenters. The molecule has 0 aliphatic carbocycles. The van der Waals surface area contributed by atoms with E-state index in [4.69, 9.17) is 5.73 Å². The number of halogens is 1. The number of hydrogen-bond acceptors (Lipinski definition) is 5. The number of sulfonamides is 1. The van der Waals surface area contributed by atoms with Gasteiger partial charge in [-0.1, -0.05) is 13.0 Å². The fourth-order valence-corrected chi connectivity index (χ4v) is 4.00. The molecule has 0 aliphatic rings. The van der Waals surface area contributed by atoms with Crippen molar-refractivity contribution >= 4 is 39.8 Å². The van der Waals surface area contributed by atoms with Crippen molar-refractivity contribution < 1.29 is 18.0 Å². The number of aryl methyl sites for hydroxylation is 1. The first-order valence-electron chi connectivity index (χ1n) is 8.54. The highest BCUT2D eigenvalue weighted by Gasteiger charge is 2.22. The quantitative estimate of drug-likeness (QED) is 0.477. The van der Waals surface area contributed by atoms with Crippen LogP contribution in [0.4, 0.5) is 5.69 Å². The van der Waals surface area contributed by atoms with Gasteiger partial charge in [0.1, 0.15) is 5.69 Å². The van der Waals surface area contributed by atoms with E-state index in [0.717, 1.165) is 0 Å². The summed E-state index contributed by atoms with van der Waals surface area (Å²) in [6, 6.07) is 5.92. The zero-order valence-corrected chi connectivity index (χ0v) is 17.6. The molecule has 0 radical (unpaired) electrons. The Bertz CT molecular complexity index is 970. The van der Waals surface area contributed by atoms with Gasteiger partial charge in [-0.2, -0.15) is 0 Å². The number of carbonyl (C=O) groups is 2. The second-order valence-electron chi connectivity index (χ2n) is 6.06. The largest absolute Gasteiger partial charge is 0.354 e. The highest BCUT2D eigenvalue weighted by molar-refractivity contribution is 7.89. The summed E-state index contributed by atoms with van der Waals surface area (Å²) in [4.78, 5) is 27.5. The number of nitrogens with one attached hydrogen (secondary N) is 3. The van der Waals surface area contributed by atoms with E-state index in [9.17, 15) is 18.0 Å². The first-order valence-corrected chi connectivity index (χ1v) is 10.0. The fourth-order valence-electron chi connectivity index (χ4n) is 2.91. The standard InChI is InChI=1S/C18H24N4O4S.ClH/c1-4-15-16(12(3)23)11(2)21-17(15)18(24)22-13-6-5-7-14(10-13)27(25,26)20-9-8-19;/h5-7,10,20-21H,4,8-9,19H2,1-3H3,(H,22,24);1H. The third-order valence-corrected chi connectivity index (χ3v) is 5.52. The zero-order valence-electron chi connectivity index (χ0n) is 16.0. The molecule has 0 fully saturated rings. The van der Waals surface area contributed by atoms with Crippen LogP contribution < -0.4 is 15.8 Å². The van der Waals surface area contributed by atoms with Gasteiger partial charge >= 0.3 is 0 Å². The number of aromatic amines is 1. The number of nitrogens with two attached hydrogens (primary N) is 1. The molecule has 1 amide bonds. The maximum absolute atomic E-state index is 12.7. The average Bonchev–Trinajstić information content (AvgIpc) is 2.97. The number of rotatable bonds is 8. The van der Waals surface area contributed by atoms with E-state index in [2.05, 4.69) is 15.0 Å². The van der Waals surface area contributed by atoms with E-state index in [1.165, 1.54) is 25.1 Å². The molecule has 10 heteroatoms. The van der Waals surface area contributed by atoms with Crippen molar-refractivity contribution in [3.63, 3.8) is 0 Å². The molecule has 1 aromatic carbocycles. The van der Waals surface area contributed by atoms with Gasteiger partial charge in [0.25, 0.3) is 5.91 Å². The molecule has 0 spiro atoms. The summed E-state index contributed by atoms with van der Waals surface area (Å²) in [5, 5.41) is 2.68. The Balaban J connectivity index is 0.00000392. The monoisotopic (exact) mass is 428 g/mol. The van der Waals surface area contributed by atoms with Gasteiger partial charge < -0.3 is 16.0 Å². The second-order valence-corrected chi connectivity index (χ2v) is 7.82. The predicted molar refractivity (Wildman–Crippen MR) is 111 cm³/mol. The SMILES string of the molecule is CCc1c(C(=O)Nc2cccc(S(=O)(=O)NCCN)c2)[nH]c(C)c1C(C)=O.Cl. The Labute approximate surface area is 170 Å². The summed E-state index contributed by atoms with van der Waals surface area (Å²) in [7, 11) is -3.71. The van der Waals surface area contributed by atoms with Gasteiger partial charge in [0.05, 0.1) is 4.90 Å². The maximum atomic E-state index is 12.7. The first-order chi connectivity index (χ1) is 12.7. The van der Waals surface area contributed by atoms with Gasteiger partial charge in [-0.15, -0.1) is 12.4 Å². The number of anilines is 1. The van der Waals surface area contributed by atoms with Crippen molar-refractivity contribution in [1.82, 2.24) is 9.71 Å². The van der Waals surface area contributed by atoms with Crippen LogP contribution in [0.25, 0.3) is 0 Å². The molecule has 1 heterocycles. The number of carbonyl (C=O) groups excluding carboxylic acids is 2. The molecule has 5 N–H and O–H groups in total. The van der Waals surface area contributed by atoms with Crippen LogP contribution in [0.1, 0.15) is 46.0 Å². The Kier molecular flexibility index (Phi) is 8.37. The molecule has 0 aliphatic heterocycles. The minimum absolute atomic E-state index is 0. The van der Waals surface area contributed by atoms with Crippen LogP contribution in [0.2, 0.25) is 0 Å². The normalized spacial score (nSPS) is 11.0. The first kappa shape index (κ1) is 23.8. The second kappa shape index (κ2) is 9.83. The lowest BCUT2D eigenvalue weighted by molar-refractivity contribution is 0.101. The number of aromatic nitrogens is 1. The Hall–Kier alpha value is -2.20. The van der Waals surface area contributed by atoms with E-state index in [1.54, 1.807) is 13.0 Å². The molecule has 0 saturated heterocycles. The average molecular weight is 429 g/mol. The zero-order chi connectivity index (χ0) is 20.2. The van der Waals surface area contributed by atoms with Crippen LogP contribution in [0.15, 0.2) is 29.2 Å². The highest BCUT2D eigenvalue weighted by Crippen LogP contribution is 2.22. The number of H-pyrrole nitrogens is 1. The smallest absolute Gasteiger partial charge is 0.272 e. The van der Waals surface area contributed by atoms with E-state index >= 15 is 0 Å². The molecule has 0 bridgehead atoms. The Morgan fingerprint density at radius 3 is 2.50 bits per heavy atom. The lowest BCUT2D eigenvalue weighted by atomic mass is 10.0. The Morgan fingerprint density at radius 2 is 1.93 bits per heavy atom. The summed E-state index contributed by atoms with van der Waals surface area (Å²) in [6.45, 7) is 5.36. The fraction of sp³-hybridized carbons (Fsp3) is 0.333. The topological polar surface area (TPSA) is 134 Å². The minimum atomic E-state index is -3.71. The summed E-state index contributed by atoms with van der Waals surface area (Å²) in [5.74, 6) is -0.550. The lowest BCUT2D eigenvalue weighted by Gasteiger charge is -2.09. The number of benzene rings is 1. The maximum Gasteiger partial charge on any atom is 0.272 e. The number of Topliss-reactive ketones (excluding diaryl/α,β-unsaturated/α-hetero) is 1. The number of ketones is 1. The number of amides is 1. The third kappa shape index (κ3) is 5.20. The lowest BCUT2D eigenvalue weighted by Crippen LogP contribution is -2.29. The van der Waals surface area contributed by atoms with E-state index in [-0.39, 0.29) is 36.2 Å². The van der Waals surface area contributed by atoms with Crippen LogP contribution in [0.5, 0.6) is 0 Å². The van der Waals surface area contributed by atoms with Crippen molar-refractivity contribution in [1.29, 1.82) is 0 Å². The molecular weight excluding hydrogens is 404 g/mol. The molecule has 8 nitrogen and oxygen atoms in total. The summed E-state index contributed by atoms with van der Waals surface area (Å²) in [5.41, 5.74) is 7.75. The Morgan fingerprint density at radius 1 is 1.25 bits per heavy atom. The molecule has 2 rings (SSSR count). The van der Waals surface area contributed by atoms with Crippen molar-refractivity contribution in [2.75, 3.05) is 18.4 Å². The van der Waals surface area contributed by atoms with Gasteiger partial charge in [0.15, 0.2) is 5.78 Å². The van der Waals surface area contributed by atoms with Gasteiger partial charge in [-0.25, -0.2) is 13.1 Å². The molecule has 1 aromatic heterocycles. The van der Waals surface area contributed by atoms with E-state index in [0.29, 0.717) is 34.6 Å².